The minimum atomic E-state index is -0.438. The minimum absolute atomic E-state index is 0.371. The van der Waals surface area contributed by atoms with Crippen molar-refractivity contribution in [3.8, 4) is 5.75 Å². The van der Waals surface area contributed by atoms with Gasteiger partial charge >= 0.3 is 5.97 Å². The number of nitrogens with zero attached hydrogens (tertiary/aromatic N) is 2. The van der Waals surface area contributed by atoms with Crippen LogP contribution in [0.25, 0.3) is 0 Å². The van der Waals surface area contributed by atoms with Gasteiger partial charge in [0.1, 0.15) is 17.1 Å². The van der Waals surface area contributed by atoms with Gasteiger partial charge in [-0.3, -0.25) is 0 Å². The van der Waals surface area contributed by atoms with E-state index in [1.165, 1.54) is 14.2 Å². The molecule has 1 aromatic heterocycles. The molecule has 88 valence electrons. The zero-order chi connectivity index (χ0) is 12.3. The molecular weight excluding hydrogens is 208 g/mol. The van der Waals surface area contributed by atoms with Crippen LogP contribution in [0.4, 0.5) is 5.82 Å². The highest BCUT2D eigenvalue weighted by Crippen LogP contribution is 2.26. The highest BCUT2D eigenvalue weighted by atomic mass is 16.5. The monoisotopic (exact) mass is 224 g/mol. The van der Waals surface area contributed by atoms with Crippen molar-refractivity contribution in [3.63, 3.8) is 0 Å². The van der Waals surface area contributed by atoms with Crippen molar-refractivity contribution in [1.29, 1.82) is 0 Å². The molecule has 0 atom stereocenters. The van der Waals surface area contributed by atoms with Crippen LogP contribution in [0.1, 0.15) is 16.1 Å². The third-order valence-corrected chi connectivity index (χ3v) is 2.22. The highest BCUT2D eigenvalue weighted by molar-refractivity contribution is 5.94. The summed E-state index contributed by atoms with van der Waals surface area (Å²) in [5, 5.41) is 0. The molecule has 0 amide bonds. The fourth-order valence-electron chi connectivity index (χ4n) is 1.37. The lowest BCUT2D eigenvalue weighted by Crippen LogP contribution is -2.14. The molecule has 0 spiro atoms. The lowest BCUT2D eigenvalue weighted by atomic mass is 10.2. The molecule has 5 nitrogen and oxygen atoms in total. The fraction of sp³-hybridized carbons (Fsp3) is 0.455. The van der Waals surface area contributed by atoms with Crippen LogP contribution in [0.15, 0.2) is 6.07 Å². The summed E-state index contributed by atoms with van der Waals surface area (Å²) in [5.41, 5.74) is 0.963. The van der Waals surface area contributed by atoms with E-state index in [0.29, 0.717) is 17.0 Å². The number of ether oxygens (including phenoxy) is 2. The number of esters is 1. The first-order valence-corrected chi connectivity index (χ1v) is 4.82. The second-order valence-corrected chi connectivity index (χ2v) is 3.53. The average molecular weight is 224 g/mol. The Balaban J connectivity index is 3.34. The number of carbonyl (C=O) groups excluding carboxylic acids is 1. The average Bonchev–Trinajstić information content (AvgIpc) is 2.26. The van der Waals surface area contributed by atoms with Crippen molar-refractivity contribution in [2.45, 2.75) is 6.92 Å². The van der Waals surface area contributed by atoms with E-state index in [0.717, 1.165) is 5.82 Å². The Hall–Kier alpha value is -1.78. The molecule has 0 fully saturated rings. The normalized spacial score (nSPS) is 9.81. The quantitative estimate of drug-likeness (QED) is 0.723. The first kappa shape index (κ1) is 12.3. The van der Waals surface area contributed by atoms with Crippen LogP contribution in [0.3, 0.4) is 0 Å². The van der Waals surface area contributed by atoms with Crippen molar-refractivity contribution in [2.75, 3.05) is 33.2 Å². The summed E-state index contributed by atoms with van der Waals surface area (Å²) in [6, 6.07) is 1.71. The summed E-state index contributed by atoms with van der Waals surface area (Å²) in [7, 11) is 6.60. The molecule has 0 bridgehead atoms. The van der Waals surface area contributed by atoms with Gasteiger partial charge in [-0.2, -0.15) is 0 Å². The van der Waals surface area contributed by atoms with Gasteiger partial charge in [0.05, 0.1) is 19.9 Å². The van der Waals surface area contributed by atoms with E-state index in [1.54, 1.807) is 13.0 Å². The van der Waals surface area contributed by atoms with Gasteiger partial charge in [0, 0.05) is 20.2 Å². The Labute approximate surface area is 95.0 Å². The Kier molecular flexibility index (Phi) is 3.71. The molecule has 16 heavy (non-hydrogen) atoms. The largest absolute Gasteiger partial charge is 0.496 e. The van der Waals surface area contributed by atoms with Crippen molar-refractivity contribution >= 4 is 11.8 Å². The maximum atomic E-state index is 11.5. The van der Waals surface area contributed by atoms with Gasteiger partial charge in [-0.25, -0.2) is 9.78 Å². The molecule has 0 aromatic carbocycles. The van der Waals surface area contributed by atoms with Crippen LogP contribution in [0, 0.1) is 6.92 Å². The molecular formula is C11H16N2O3. The van der Waals surface area contributed by atoms with Gasteiger partial charge in [-0.1, -0.05) is 0 Å². The van der Waals surface area contributed by atoms with E-state index >= 15 is 0 Å². The lowest BCUT2D eigenvalue weighted by molar-refractivity contribution is 0.0595. The second kappa shape index (κ2) is 4.83. The molecule has 1 heterocycles. The Bertz CT molecular complexity index is 402. The summed E-state index contributed by atoms with van der Waals surface area (Å²) in [6.07, 6.45) is 0. The summed E-state index contributed by atoms with van der Waals surface area (Å²) in [5.74, 6) is 0.775. The van der Waals surface area contributed by atoms with Crippen molar-refractivity contribution in [2.24, 2.45) is 0 Å². The standard InChI is InChI=1S/C11H16N2O3/c1-7-10(11(14)16-5)8(15-4)6-9(12-7)13(2)3/h6H,1-5H3. The molecule has 0 N–H and O–H groups in total. The Morgan fingerprint density at radius 1 is 1.38 bits per heavy atom. The molecule has 0 aliphatic heterocycles. The Morgan fingerprint density at radius 2 is 2.00 bits per heavy atom. The number of carbonyl (C=O) groups is 1. The second-order valence-electron chi connectivity index (χ2n) is 3.53. The van der Waals surface area contributed by atoms with Crippen LogP contribution in [0.5, 0.6) is 5.75 Å². The third-order valence-electron chi connectivity index (χ3n) is 2.22. The van der Waals surface area contributed by atoms with Crippen LogP contribution >= 0.6 is 0 Å². The molecule has 0 saturated carbocycles. The smallest absolute Gasteiger partial charge is 0.343 e. The van der Waals surface area contributed by atoms with E-state index in [9.17, 15) is 4.79 Å². The van der Waals surface area contributed by atoms with Crippen molar-refractivity contribution in [3.05, 3.63) is 17.3 Å². The highest BCUT2D eigenvalue weighted by Gasteiger charge is 2.18. The summed E-state index contributed by atoms with van der Waals surface area (Å²) in [6.45, 7) is 1.75. The number of pyridine rings is 1. The number of rotatable bonds is 3. The van der Waals surface area contributed by atoms with E-state index in [4.69, 9.17) is 4.74 Å². The zero-order valence-corrected chi connectivity index (χ0v) is 10.2. The van der Waals surface area contributed by atoms with Crippen LogP contribution in [-0.4, -0.2) is 39.3 Å². The summed E-state index contributed by atoms with van der Waals surface area (Å²) in [4.78, 5) is 17.7. The third kappa shape index (κ3) is 2.24. The van der Waals surface area contributed by atoms with Crippen LogP contribution in [-0.2, 0) is 4.74 Å². The maximum absolute atomic E-state index is 11.5. The fourth-order valence-corrected chi connectivity index (χ4v) is 1.37. The van der Waals surface area contributed by atoms with E-state index in [1.807, 2.05) is 19.0 Å². The van der Waals surface area contributed by atoms with Gasteiger partial charge in [0.25, 0.3) is 0 Å². The molecule has 1 aromatic rings. The first-order valence-electron chi connectivity index (χ1n) is 4.82. The van der Waals surface area contributed by atoms with Gasteiger partial charge in [0.2, 0.25) is 0 Å². The van der Waals surface area contributed by atoms with E-state index in [-0.39, 0.29) is 0 Å². The predicted molar refractivity (Wildman–Crippen MR) is 61.2 cm³/mol. The first-order chi connectivity index (χ1) is 7.51. The molecule has 0 aliphatic rings. The van der Waals surface area contributed by atoms with Gasteiger partial charge < -0.3 is 14.4 Å². The van der Waals surface area contributed by atoms with Gasteiger partial charge in [-0.05, 0) is 6.92 Å². The number of methoxy groups -OCH3 is 2. The number of aryl methyl sites for hydroxylation is 1. The molecule has 0 aliphatic carbocycles. The Morgan fingerprint density at radius 3 is 2.44 bits per heavy atom. The summed E-state index contributed by atoms with van der Waals surface area (Å²) >= 11 is 0. The van der Waals surface area contributed by atoms with E-state index in [2.05, 4.69) is 9.72 Å². The number of anilines is 1. The SMILES string of the molecule is COC(=O)c1c(OC)cc(N(C)C)nc1C. The molecule has 0 radical (unpaired) electrons. The molecule has 1 rings (SSSR count). The topological polar surface area (TPSA) is 51.7 Å². The molecule has 5 heteroatoms. The lowest BCUT2D eigenvalue weighted by Gasteiger charge is -2.16. The predicted octanol–water partition coefficient (Wildman–Crippen LogP) is 1.25. The van der Waals surface area contributed by atoms with Crippen molar-refractivity contribution in [1.82, 2.24) is 4.98 Å². The minimum Gasteiger partial charge on any atom is -0.496 e. The number of aromatic nitrogens is 1. The van der Waals surface area contributed by atoms with Crippen LogP contribution < -0.4 is 9.64 Å². The number of hydrogen-bond acceptors (Lipinski definition) is 5. The molecule has 0 unspecified atom stereocenters. The zero-order valence-electron chi connectivity index (χ0n) is 10.2. The van der Waals surface area contributed by atoms with Gasteiger partial charge in [0.15, 0.2) is 0 Å². The molecule has 0 saturated heterocycles. The van der Waals surface area contributed by atoms with Gasteiger partial charge in [-0.15, -0.1) is 0 Å². The van der Waals surface area contributed by atoms with Crippen LogP contribution in [0.2, 0.25) is 0 Å². The maximum Gasteiger partial charge on any atom is 0.343 e. The van der Waals surface area contributed by atoms with E-state index < -0.39 is 5.97 Å². The number of hydrogen-bond donors (Lipinski definition) is 0. The van der Waals surface area contributed by atoms with Crippen molar-refractivity contribution < 1.29 is 14.3 Å². The summed E-state index contributed by atoms with van der Waals surface area (Å²) < 4.78 is 9.86.